The highest BCUT2D eigenvalue weighted by molar-refractivity contribution is 8.01. The number of rotatable bonds is 4. The predicted octanol–water partition coefficient (Wildman–Crippen LogP) is 3.69. The standard InChI is InChI=1S/C19H23N3OS2/c1-12-18(13-8-10-22(12)11-9-13)21-19(23)16-6-7-17(25-16)24-15-5-3-2-4-14(15)20/h2-7,12-13,18H,8-11,20H2,1H3,(H,21,23)/t12-,18-/m0/s1. The van der Waals surface area contributed by atoms with E-state index in [0.717, 1.165) is 19.7 Å². The van der Waals surface area contributed by atoms with Gasteiger partial charge < -0.3 is 11.1 Å². The van der Waals surface area contributed by atoms with Crippen molar-refractivity contribution >= 4 is 34.7 Å². The van der Waals surface area contributed by atoms with E-state index < -0.39 is 0 Å². The molecule has 2 atom stereocenters. The van der Waals surface area contributed by atoms with Crippen molar-refractivity contribution in [2.75, 3.05) is 18.8 Å². The van der Waals surface area contributed by atoms with Crippen molar-refractivity contribution < 1.29 is 4.79 Å². The van der Waals surface area contributed by atoms with Gasteiger partial charge in [-0.1, -0.05) is 23.9 Å². The number of anilines is 1. The Hall–Kier alpha value is -1.50. The molecule has 4 nitrogen and oxygen atoms in total. The number of hydrogen-bond donors (Lipinski definition) is 2. The number of para-hydroxylation sites is 1. The number of nitrogen functional groups attached to an aromatic ring is 1. The van der Waals surface area contributed by atoms with Crippen LogP contribution in [0.5, 0.6) is 0 Å². The SMILES string of the molecule is C[C@H]1[C@H](NC(=O)c2ccc(Sc3ccccc3N)s2)C2CCN1CC2. The fraction of sp³-hybridized carbons (Fsp3) is 0.421. The normalized spacial score (nSPS) is 28.0. The zero-order valence-electron chi connectivity index (χ0n) is 14.3. The topological polar surface area (TPSA) is 58.4 Å². The van der Waals surface area contributed by atoms with E-state index in [1.165, 1.54) is 37.3 Å². The molecule has 4 heterocycles. The highest BCUT2D eigenvalue weighted by Gasteiger charge is 2.40. The second-order valence-electron chi connectivity index (χ2n) is 6.87. The smallest absolute Gasteiger partial charge is 0.261 e. The van der Waals surface area contributed by atoms with Crippen LogP contribution in [0, 0.1) is 5.92 Å². The van der Waals surface area contributed by atoms with Gasteiger partial charge in [-0.3, -0.25) is 9.69 Å². The van der Waals surface area contributed by atoms with Crippen LogP contribution in [0.4, 0.5) is 5.69 Å². The molecule has 5 rings (SSSR count). The van der Waals surface area contributed by atoms with Gasteiger partial charge in [0.05, 0.1) is 9.09 Å². The minimum absolute atomic E-state index is 0.0588. The van der Waals surface area contributed by atoms with Crippen molar-refractivity contribution in [1.29, 1.82) is 0 Å². The number of nitrogens with two attached hydrogens (primary N) is 1. The van der Waals surface area contributed by atoms with Crippen molar-refractivity contribution in [2.24, 2.45) is 5.92 Å². The molecule has 2 aromatic rings. The van der Waals surface area contributed by atoms with Crippen LogP contribution in [0.3, 0.4) is 0 Å². The summed E-state index contributed by atoms with van der Waals surface area (Å²) < 4.78 is 1.09. The maximum atomic E-state index is 12.7. The molecule has 0 radical (unpaired) electrons. The van der Waals surface area contributed by atoms with Crippen LogP contribution >= 0.6 is 23.1 Å². The minimum atomic E-state index is 0.0588. The summed E-state index contributed by atoms with van der Waals surface area (Å²) in [4.78, 5) is 17.0. The first kappa shape index (κ1) is 16.9. The van der Waals surface area contributed by atoms with Crippen LogP contribution in [0.25, 0.3) is 0 Å². The van der Waals surface area contributed by atoms with Crippen molar-refractivity contribution in [1.82, 2.24) is 10.2 Å². The Morgan fingerprint density at radius 1 is 1.24 bits per heavy atom. The third kappa shape index (κ3) is 3.43. The lowest BCUT2D eigenvalue weighted by molar-refractivity contribution is 0.0218. The highest BCUT2D eigenvalue weighted by atomic mass is 32.2. The number of thiophene rings is 1. The zero-order valence-corrected chi connectivity index (χ0v) is 15.9. The number of carbonyl (C=O) groups is 1. The molecular formula is C19H23N3OS2. The van der Waals surface area contributed by atoms with Gasteiger partial charge in [0.25, 0.3) is 5.91 Å². The molecule has 25 heavy (non-hydrogen) atoms. The lowest BCUT2D eigenvalue weighted by Gasteiger charge is -2.49. The molecule has 1 aromatic carbocycles. The molecule has 132 valence electrons. The van der Waals surface area contributed by atoms with Crippen molar-refractivity contribution in [3.8, 4) is 0 Å². The van der Waals surface area contributed by atoms with Crippen molar-refractivity contribution in [2.45, 2.75) is 41.0 Å². The fourth-order valence-electron chi connectivity index (χ4n) is 3.95. The monoisotopic (exact) mass is 373 g/mol. The van der Waals surface area contributed by atoms with Crippen molar-refractivity contribution in [3.63, 3.8) is 0 Å². The first-order chi connectivity index (χ1) is 12.1. The van der Waals surface area contributed by atoms with Gasteiger partial charge >= 0.3 is 0 Å². The number of fused-ring (bicyclic) bond motifs is 3. The van der Waals surface area contributed by atoms with Gasteiger partial charge in [0.15, 0.2) is 0 Å². The molecule has 6 heteroatoms. The Kier molecular flexibility index (Phi) is 4.75. The summed E-state index contributed by atoms with van der Waals surface area (Å²) in [7, 11) is 0. The van der Waals surface area contributed by atoms with E-state index in [1.54, 1.807) is 11.8 Å². The van der Waals surface area contributed by atoms with E-state index >= 15 is 0 Å². The summed E-state index contributed by atoms with van der Waals surface area (Å²) in [5.74, 6) is 0.686. The van der Waals surface area contributed by atoms with Crippen LogP contribution in [0.1, 0.15) is 29.4 Å². The highest BCUT2D eigenvalue weighted by Crippen LogP contribution is 2.37. The summed E-state index contributed by atoms with van der Waals surface area (Å²) in [6.07, 6.45) is 2.40. The lowest BCUT2D eigenvalue weighted by atomic mass is 9.79. The van der Waals surface area contributed by atoms with Crippen molar-refractivity contribution in [3.05, 3.63) is 41.3 Å². The number of amides is 1. The Bertz CT molecular complexity index is 766. The van der Waals surface area contributed by atoms with Crippen LogP contribution < -0.4 is 11.1 Å². The summed E-state index contributed by atoms with van der Waals surface area (Å²) >= 11 is 3.15. The second-order valence-corrected chi connectivity index (χ2v) is 9.30. The molecule has 0 spiro atoms. The van der Waals surface area contributed by atoms with Gasteiger partial charge in [-0.15, -0.1) is 11.3 Å². The summed E-state index contributed by atoms with van der Waals surface area (Å²) in [6.45, 7) is 4.59. The number of hydrogen-bond acceptors (Lipinski definition) is 5. The van der Waals surface area contributed by atoms with Crippen LogP contribution in [0.2, 0.25) is 0 Å². The molecule has 0 unspecified atom stereocenters. The van der Waals surface area contributed by atoms with Gasteiger partial charge in [0, 0.05) is 22.7 Å². The van der Waals surface area contributed by atoms with E-state index in [2.05, 4.69) is 17.1 Å². The molecule has 3 N–H and O–H groups in total. The van der Waals surface area contributed by atoms with Crippen LogP contribution in [-0.2, 0) is 0 Å². The van der Waals surface area contributed by atoms with E-state index in [4.69, 9.17) is 5.73 Å². The average molecular weight is 374 g/mol. The minimum Gasteiger partial charge on any atom is -0.398 e. The maximum absolute atomic E-state index is 12.7. The number of benzene rings is 1. The summed E-state index contributed by atoms with van der Waals surface area (Å²) in [5.41, 5.74) is 6.78. The zero-order chi connectivity index (χ0) is 17.4. The Morgan fingerprint density at radius 2 is 2.00 bits per heavy atom. The largest absolute Gasteiger partial charge is 0.398 e. The number of nitrogens with one attached hydrogen (secondary N) is 1. The van der Waals surface area contributed by atoms with E-state index in [1.807, 2.05) is 36.4 Å². The molecule has 3 fully saturated rings. The first-order valence-corrected chi connectivity index (χ1v) is 10.4. The van der Waals surface area contributed by atoms with E-state index in [0.29, 0.717) is 12.0 Å². The van der Waals surface area contributed by atoms with Crippen LogP contribution in [0.15, 0.2) is 45.5 Å². The van der Waals surface area contributed by atoms with Gasteiger partial charge in [0.2, 0.25) is 0 Å². The molecule has 3 aliphatic heterocycles. The van der Waals surface area contributed by atoms with Crippen LogP contribution in [-0.4, -0.2) is 36.0 Å². The average Bonchev–Trinajstić information content (AvgIpc) is 3.09. The third-order valence-electron chi connectivity index (χ3n) is 5.41. The maximum Gasteiger partial charge on any atom is 0.261 e. The fourth-order valence-corrected chi connectivity index (χ4v) is 5.98. The number of carbonyl (C=O) groups excluding carboxylic acids is 1. The molecule has 0 aliphatic carbocycles. The van der Waals surface area contributed by atoms with Gasteiger partial charge in [0.1, 0.15) is 0 Å². The molecule has 3 aliphatic rings. The van der Waals surface area contributed by atoms with Gasteiger partial charge in [-0.25, -0.2) is 0 Å². The second kappa shape index (κ2) is 7.02. The molecule has 0 saturated carbocycles. The molecule has 1 amide bonds. The summed E-state index contributed by atoms with van der Waals surface area (Å²) in [5, 5.41) is 3.30. The predicted molar refractivity (Wildman–Crippen MR) is 104 cm³/mol. The molecule has 2 bridgehead atoms. The third-order valence-corrected chi connectivity index (χ3v) is 7.72. The van der Waals surface area contributed by atoms with E-state index in [-0.39, 0.29) is 11.9 Å². The quantitative estimate of drug-likeness (QED) is 0.803. The van der Waals surface area contributed by atoms with Gasteiger partial charge in [-0.05, 0) is 63.0 Å². The Labute approximate surface area is 156 Å². The molecule has 3 saturated heterocycles. The number of nitrogens with zero attached hydrogens (tertiary/aromatic N) is 1. The molecule has 1 aromatic heterocycles. The first-order valence-electron chi connectivity index (χ1n) is 8.79. The van der Waals surface area contributed by atoms with E-state index in [9.17, 15) is 4.79 Å². The van der Waals surface area contributed by atoms with Gasteiger partial charge in [-0.2, -0.15) is 0 Å². The lowest BCUT2D eigenvalue weighted by Crippen LogP contribution is -2.62. The number of piperidine rings is 3. The Morgan fingerprint density at radius 3 is 2.72 bits per heavy atom. The Balaban J connectivity index is 1.43. The summed E-state index contributed by atoms with van der Waals surface area (Å²) in [6, 6.07) is 12.5. The molecular weight excluding hydrogens is 350 g/mol.